The standard InChI is InChI=1S/C11H10ClN3OS/c1-16-10-13-9(12)14-11(15-10)17-7-8-5-3-2-4-6-8/h2-6H,7H2,1H3. The minimum absolute atomic E-state index is 0.146. The Kier molecular flexibility index (Phi) is 4.17. The molecule has 0 spiro atoms. The van der Waals surface area contributed by atoms with Crippen LogP contribution in [-0.4, -0.2) is 22.1 Å². The van der Waals surface area contributed by atoms with Gasteiger partial charge in [-0.3, -0.25) is 0 Å². The lowest BCUT2D eigenvalue weighted by atomic mass is 10.2. The van der Waals surface area contributed by atoms with Crippen LogP contribution in [0.25, 0.3) is 0 Å². The van der Waals surface area contributed by atoms with Crippen LogP contribution in [0.3, 0.4) is 0 Å². The minimum Gasteiger partial charge on any atom is -0.467 e. The van der Waals surface area contributed by atoms with Crippen molar-refractivity contribution in [2.24, 2.45) is 0 Å². The van der Waals surface area contributed by atoms with Crippen molar-refractivity contribution in [1.82, 2.24) is 15.0 Å². The maximum Gasteiger partial charge on any atom is 0.321 e. The number of rotatable bonds is 4. The van der Waals surface area contributed by atoms with Crippen LogP contribution in [0.4, 0.5) is 0 Å². The van der Waals surface area contributed by atoms with Gasteiger partial charge in [-0.15, -0.1) is 0 Å². The van der Waals surface area contributed by atoms with Gasteiger partial charge in [-0.05, 0) is 17.2 Å². The number of methoxy groups -OCH3 is 1. The van der Waals surface area contributed by atoms with E-state index >= 15 is 0 Å². The maximum atomic E-state index is 5.75. The van der Waals surface area contributed by atoms with Crippen LogP contribution in [0, 0.1) is 0 Å². The van der Waals surface area contributed by atoms with Crippen molar-refractivity contribution in [3.63, 3.8) is 0 Å². The molecule has 6 heteroatoms. The van der Waals surface area contributed by atoms with Crippen LogP contribution in [0.2, 0.25) is 5.28 Å². The zero-order valence-electron chi connectivity index (χ0n) is 9.13. The quantitative estimate of drug-likeness (QED) is 0.797. The van der Waals surface area contributed by atoms with E-state index in [0.29, 0.717) is 5.16 Å². The molecular weight excluding hydrogens is 258 g/mol. The van der Waals surface area contributed by atoms with E-state index in [-0.39, 0.29) is 11.3 Å². The number of aromatic nitrogens is 3. The van der Waals surface area contributed by atoms with Gasteiger partial charge < -0.3 is 4.74 Å². The van der Waals surface area contributed by atoms with Crippen molar-refractivity contribution in [2.45, 2.75) is 10.9 Å². The van der Waals surface area contributed by atoms with Gasteiger partial charge in [-0.2, -0.15) is 15.0 Å². The molecule has 1 aromatic carbocycles. The van der Waals surface area contributed by atoms with Crippen molar-refractivity contribution in [3.05, 3.63) is 41.2 Å². The lowest BCUT2D eigenvalue weighted by molar-refractivity contribution is 0.373. The van der Waals surface area contributed by atoms with Gasteiger partial charge in [0, 0.05) is 5.75 Å². The first-order valence-corrected chi connectivity index (χ1v) is 6.26. The van der Waals surface area contributed by atoms with Crippen molar-refractivity contribution >= 4 is 23.4 Å². The van der Waals surface area contributed by atoms with Gasteiger partial charge in [0.2, 0.25) is 5.28 Å². The van der Waals surface area contributed by atoms with Gasteiger partial charge in [0.15, 0.2) is 5.16 Å². The average molecular weight is 268 g/mol. The molecule has 2 aromatic rings. The molecule has 0 aliphatic rings. The smallest absolute Gasteiger partial charge is 0.321 e. The first kappa shape index (κ1) is 12.1. The second kappa shape index (κ2) is 5.84. The van der Waals surface area contributed by atoms with Gasteiger partial charge in [0.05, 0.1) is 7.11 Å². The second-order valence-electron chi connectivity index (χ2n) is 3.15. The number of nitrogens with zero attached hydrogens (tertiary/aromatic N) is 3. The first-order valence-electron chi connectivity index (χ1n) is 4.90. The summed E-state index contributed by atoms with van der Waals surface area (Å²) in [5.74, 6) is 0.782. The van der Waals surface area contributed by atoms with Crippen LogP contribution < -0.4 is 4.74 Å². The van der Waals surface area contributed by atoms with E-state index in [1.807, 2.05) is 30.3 Å². The molecule has 0 aliphatic carbocycles. The topological polar surface area (TPSA) is 47.9 Å². The maximum absolute atomic E-state index is 5.75. The number of hydrogen-bond donors (Lipinski definition) is 0. The summed E-state index contributed by atoms with van der Waals surface area (Å²) in [6, 6.07) is 10.3. The number of ether oxygens (including phenoxy) is 1. The molecule has 1 heterocycles. The van der Waals surface area contributed by atoms with E-state index in [1.165, 1.54) is 24.4 Å². The Balaban J connectivity index is 2.06. The van der Waals surface area contributed by atoms with Crippen molar-refractivity contribution in [3.8, 4) is 6.01 Å². The van der Waals surface area contributed by atoms with Crippen LogP contribution in [-0.2, 0) is 5.75 Å². The molecule has 17 heavy (non-hydrogen) atoms. The fourth-order valence-electron chi connectivity index (χ4n) is 1.19. The molecule has 88 valence electrons. The van der Waals surface area contributed by atoms with E-state index in [2.05, 4.69) is 15.0 Å². The lowest BCUT2D eigenvalue weighted by Gasteiger charge is -2.02. The summed E-state index contributed by atoms with van der Waals surface area (Å²) >= 11 is 7.25. The molecule has 0 N–H and O–H groups in total. The Morgan fingerprint density at radius 1 is 1.18 bits per heavy atom. The van der Waals surface area contributed by atoms with Gasteiger partial charge in [-0.1, -0.05) is 42.1 Å². The molecule has 1 aromatic heterocycles. The molecule has 4 nitrogen and oxygen atoms in total. The van der Waals surface area contributed by atoms with Gasteiger partial charge in [0.25, 0.3) is 0 Å². The summed E-state index contributed by atoms with van der Waals surface area (Å²) < 4.78 is 4.93. The number of hydrogen-bond acceptors (Lipinski definition) is 5. The Morgan fingerprint density at radius 3 is 2.65 bits per heavy atom. The van der Waals surface area contributed by atoms with Gasteiger partial charge in [-0.25, -0.2) is 0 Å². The fraction of sp³-hybridized carbons (Fsp3) is 0.182. The molecule has 0 saturated carbocycles. The third kappa shape index (κ3) is 3.57. The minimum atomic E-state index is 0.146. The van der Waals surface area contributed by atoms with E-state index in [4.69, 9.17) is 16.3 Å². The monoisotopic (exact) mass is 267 g/mol. The highest BCUT2D eigenvalue weighted by atomic mass is 35.5. The van der Waals surface area contributed by atoms with E-state index in [9.17, 15) is 0 Å². The van der Waals surface area contributed by atoms with Crippen LogP contribution in [0.1, 0.15) is 5.56 Å². The largest absolute Gasteiger partial charge is 0.467 e. The Hall–Kier alpha value is -1.33. The van der Waals surface area contributed by atoms with Crippen molar-refractivity contribution in [1.29, 1.82) is 0 Å². The highest BCUT2D eigenvalue weighted by Gasteiger charge is 2.05. The van der Waals surface area contributed by atoms with E-state index < -0.39 is 0 Å². The highest BCUT2D eigenvalue weighted by molar-refractivity contribution is 7.98. The Morgan fingerprint density at radius 2 is 1.94 bits per heavy atom. The van der Waals surface area contributed by atoms with E-state index in [0.717, 1.165) is 5.75 Å². The van der Waals surface area contributed by atoms with Crippen LogP contribution in [0.15, 0.2) is 35.5 Å². The normalized spacial score (nSPS) is 10.2. The first-order chi connectivity index (χ1) is 8.28. The van der Waals surface area contributed by atoms with Crippen molar-refractivity contribution < 1.29 is 4.74 Å². The molecule has 0 amide bonds. The van der Waals surface area contributed by atoms with Gasteiger partial charge >= 0.3 is 6.01 Å². The molecule has 0 atom stereocenters. The number of benzene rings is 1. The molecule has 0 fully saturated rings. The zero-order chi connectivity index (χ0) is 12.1. The van der Waals surface area contributed by atoms with Crippen LogP contribution in [0.5, 0.6) is 6.01 Å². The summed E-state index contributed by atoms with van der Waals surface area (Å²) in [5, 5.41) is 0.707. The summed E-state index contributed by atoms with van der Waals surface area (Å²) in [4.78, 5) is 11.9. The predicted molar refractivity (Wildman–Crippen MR) is 67.4 cm³/mol. The SMILES string of the molecule is COc1nc(Cl)nc(SCc2ccccc2)n1. The average Bonchev–Trinajstić information content (AvgIpc) is 2.37. The summed E-state index contributed by atoms with van der Waals surface area (Å²) in [6.07, 6.45) is 0. The molecule has 2 rings (SSSR count). The third-order valence-corrected chi connectivity index (χ3v) is 3.05. The fourth-order valence-corrected chi connectivity index (χ4v) is 2.18. The van der Waals surface area contributed by atoms with Gasteiger partial charge in [0.1, 0.15) is 0 Å². The molecule has 0 radical (unpaired) electrons. The van der Waals surface area contributed by atoms with E-state index in [1.54, 1.807) is 0 Å². The summed E-state index contributed by atoms with van der Waals surface area (Å²) in [5.41, 5.74) is 1.20. The Labute approximate surface area is 108 Å². The summed E-state index contributed by atoms with van der Waals surface area (Å²) in [6.45, 7) is 0. The number of thioether (sulfide) groups is 1. The molecular formula is C11H10ClN3OS. The molecule has 0 saturated heterocycles. The predicted octanol–water partition coefficient (Wildman–Crippen LogP) is 2.83. The zero-order valence-corrected chi connectivity index (χ0v) is 10.7. The summed E-state index contributed by atoms with van der Waals surface area (Å²) in [7, 11) is 1.50. The molecule has 0 aliphatic heterocycles. The molecule has 0 unspecified atom stereocenters. The lowest BCUT2D eigenvalue weighted by Crippen LogP contribution is -1.97. The third-order valence-electron chi connectivity index (χ3n) is 1.96. The van der Waals surface area contributed by atoms with Crippen LogP contribution >= 0.6 is 23.4 Å². The molecule has 0 bridgehead atoms. The Bertz CT molecular complexity index is 495. The number of halogens is 1. The van der Waals surface area contributed by atoms with Crippen molar-refractivity contribution in [2.75, 3.05) is 7.11 Å². The highest BCUT2D eigenvalue weighted by Crippen LogP contribution is 2.21. The second-order valence-corrected chi connectivity index (χ2v) is 4.43.